The molecule has 0 spiro atoms. The van der Waals surface area contributed by atoms with Crippen LogP contribution >= 0.6 is 0 Å². The molecule has 2 aromatic rings. The Kier molecular flexibility index (Phi) is 6.16. The third-order valence-corrected chi connectivity index (χ3v) is 5.16. The maximum atomic E-state index is 13.0. The first-order valence-corrected chi connectivity index (χ1v) is 9.49. The zero-order valence-corrected chi connectivity index (χ0v) is 15.1. The summed E-state index contributed by atoms with van der Waals surface area (Å²) in [5.74, 6) is 0.428. The fourth-order valence-corrected chi connectivity index (χ4v) is 3.68. The number of benzene rings is 2. The van der Waals surface area contributed by atoms with Crippen molar-refractivity contribution in [2.45, 2.75) is 44.4 Å². The number of carbonyl (C=O) groups excluding carboxylic acids is 1. The summed E-state index contributed by atoms with van der Waals surface area (Å²) in [6.07, 6.45) is 6.16. The van der Waals surface area contributed by atoms with Gasteiger partial charge in [0.1, 0.15) is 11.5 Å². The quantitative estimate of drug-likeness (QED) is 0.856. The molecule has 138 valence electrons. The van der Waals surface area contributed by atoms with Crippen LogP contribution in [0.15, 0.2) is 48.5 Å². The van der Waals surface area contributed by atoms with E-state index < -0.39 is 0 Å². The number of carbonyl (C=O) groups is 1. The van der Waals surface area contributed by atoms with Gasteiger partial charge in [0.2, 0.25) is 5.91 Å². The Hall–Kier alpha value is -2.49. The molecule has 0 radical (unpaired) electrons. The number of phenolic OH excluding ortho intramolecular Hbond substituents is 2. The van der Waals surface area contributed by atoms with E-state index >= 15 is 0 Å². The lowest BCUT2D eigenvalue weighted by Crippen LogP contribution is -2.34. The van der Waals surface area contributed by atoms with Gasteiger partial charge in [-0.25, -0.2) is 0 Å². The molecule has 0 saturated carbocycles. The lowest BCUT2D eigenvalue weighted by molar-refractivity contribution is -0.131. The predicted octanol–water partition coefficient (Wildman–Crippen LogP) is 4.41. The van der Waals surface area contributed by atoms with Gasteiger partial charge in [0.15, 0.2) is 0 Å². The molecule has 0 bridgehead atoms. The van der Waals surface area contributed by atoms with Crippen LogP contribution in [0.3, 0.4) is 0 Å². The fourth-order valence-electron chi connectivity index (χ4n) is 3.68. The Morgan fingerprint density at radius 1 is 0.846 bits per heavy atom. The molecule has 26 heavy (non-hydrogen) atoms. The molecule has 1 saturated heterocycles. The van der Waals surface area contributed by atoms with Crippen molar-refractivity contribution in [3.8, 4) is 11.5 Å². The van der Waals surface area contributed by atoms with E-state index in [2.05, 4.69) is 0 Å². The highest BCUT2D eigenvalue weighted by Gasteiger charge is 2.23. The minimum Gasteiger partial charge on any atom is -0.508 e. The van der Waals surface area contributed by atoms with E-state index in [1.807, 2.05) is 23.1 Å². The molecule has 4 heteroatoms. The molecule has 0 unspecified atom stereocenters. The molecule has 1 amide bonds. The lowest BCUT2D eigenvalue weighted by atomic mass is 9.87. The molecular weight excluding hydrogens is 326 g/mol. The Bertz CT molecular complexity index is 718. The molecular formula is C22H27NO3. The zero-order chi connectivity index (χ0) is 18.4. The van der Waals surface area contributed by atoms with Crippen molar-refractivity contribution in [2.24, 2.45) is 0 Å². The number of aromatic hydroxyl groups is 2. The average molecular weight is 353 g/mol. The predicted molar refractivity (Wildman–Crippen MR) is 102 cm³/mol. The normalized spacial score (nSPS) is 16.5. The number of nitrogens with zero attached hydrogens (tertiary/aromatic N) is 1. The summed E-state index contributed by atoms with van der Waals surface area (Å²) in [4.78, 5) is 15.0. The van der Waals surface area contributed by atoms with E-state index in [9.17, 15) is 15.0 Å². The molecule has 2 aromatic carbocycles. The van der Waals surface area contributed by atoms with Gasteiger partial charge in [-0.2, -0.15) is 0 Å². The Morgan fingerprint density at radius 3 is 2.15 bits per heavy atom. The summed E-state index contributed by atoms with van der Waals surface area (Å²) in [5.41, 5.74) is 1.88. The van der Waals surface area contributed by atoms with Crippen LogP contribution in [0.25, 0.3) is 0 Å². The van der Waals surface area contributed by atoms with Gasteiger partial charge in [-0.1, -0.05) is 43.5 Å². The molecule has 2 N–H and O–H groups in total. The Morgan fingerprint density at radius 2 is 1.50 bits per heavy atom. The maximum Gasteiger partial charge on any atom is 0.223 e. The van der Waals surface area contributed by atoms with Crippen LogP contribution in [-0.2, 0) is 4.79 Å². The summed E-state index contributed by atoms with van der Waals surface area (Å²) in [6, 6.07) is 14.1. The van der Waals surface area contributed by atoms with Crippen molar-refractivity contribution in [3.05, 3.63) is 59.7 Å². The van der Waals surface area contributed by atoms with Gasteiger partial charge >= 0.3 is 0 Å². The second kappa shape index (κ2) is 8.75. The second-order valence-corrected chi connectivity index (χ2v) is 7.09. The van der Waals surface area contributed by atoms with E-state index in [0.717, 1.165) is 37.1 Å². The van der Waals surface area contributed by atoms with E-state index in [1.54, 1.807) is 30.3 Å². The first kappa shape index (κ1) is 18.3. The van der Waals surface area contributed by atoms with Crippen LogP contribution in [-0.4, -0.2) is 34.1 Å². The fraction of sp³-hybridized carbons (Fsp3) is 0.409. The molecule has 1 heterocycles. The van der Waals surface area contributed by atoms with Gasteiger partial charge < -0.3 is 15.1 Å². The zero-order valence-electron chi connectivity index (χ0n) is 15.1. The number of hydrogen-bond acceptors (Lipinski definition) is 3. The molecule has 1 atom stereocenters. The Labute approximate surface area is 155 Å². The summed E-state index contributed by atoms with van der Waals surface area (Å²) in [7, 11) is 0. The maximum absolute atomic E-state index is 13.0. The van der Waals surface area contributed by atoms with Crippen molar-refractivity contribution in [2.75, 3.05) is 13.1 Å². The third-order valence-electron chi connectivity index (χ3n) is 5.16. The smallest absolute Gasteiger partial charge is 0.223 e. The largest absolute Gasteiger partial charge is 0.508 e. The number of rotatable bonds is 4. The number of likely N-dealkylation sites (tertiary alicyclic amines) is 1. The molecule has 0 aliphatic carbocycles. The van der Waals surface area contributed by atoms with Crippen molar-refractivity contribution < 1.29 is 15.0 Å². The number of hydrogen-bond donors (Lipinski definition) is 2. The molecule has 1 aliphatic heterocycles. The summed E-state index contributed by atoms with van der Waals surface area (Å²) >= 11 is 0. The highest BCUT2D eigenvalue weighted by atomic mass is 16.3. The van der Waals surface area contributed by atoms with Crippen LogP contribution in [0, 0.1) is 0 Å². The first-order chi connectivity index (χ1) is 12.6. The minimum absolute atomic E-state index is 0.138. The van der Waals surface area contributed by atoms with E-state index in [0.29, 0.717) is 6.42 Å². The van der Waals surface area contributed by atoms with Crippen molar-refractivity contribution in [3.63, 3.8) is 0 Å². The van der Waals surface area contributed by atoms with Crippen molar-refractivity contribution >= 4 is 5.91 Å². The van der Waals surface area contributed by atoms with Crippen LogP contribution in [0.5, 0.6) is 11.5 Å². The molecule has 4 nitrogen and oxygen atoms in total. The van der Waals surface area contributed by atoms with Crippen LogP contribution in [0.2, 0.25) is 0 Å². The third kappa shape index (κ3) is 4.78. The molecule has 0 aromatic heterocycles. The minimum atomic E-state index is -0.138. The van der Waals surface area contributed by atoms with E-state index in [-0.39, 0.29) is 23.3 Å². The van der Waals surface area contributed by atoms with Crippen LogP contribution < -0.4 is 0 Å². The van der Waals surface area contributed by atoms with Gasteiger partial charge in [-0.3, -0.25) is 4.79 Å². The summed E-state index contributed by atoms with van der Waals surface area (Å²) < 4.78 is 0. The van der Waals surface area contributed by atoms with Gasteiger partial charge in [0.25, 0.3) is 0 Å². The van der Waals surface area contributed by atoms with E-state index in [1.165, 1.54) is 19.3 Å². The van der Waals surface area contributed by atoms with Crippen LogP contribution in [0.1, 0.15) is 55.6 Å². The monoisotopic (exact) mass is 353 g/mol. The number of amides is 1. The summed E-state index contributed by atoms with van der Waals surface area (Å²) in [5, 5.41) is 19.5. The Balaban J connectivity index is 1.83. The van der Waals surface area contributed by atoms with Crippen molar-refractivity contribution in [1.82, 2.24) is 4.90 Å². The van der Waals surface area contributed by atoms with Crippen molar-refractivity contribution in [1.29, 1.82) is 0 Å². The second-order valence-electron chi connectivity index (χ2n) is 7.09. The lowest BCUT2D eigenvalue weighted by Gasteiger charge is -2.27. The summed E-state index contributed by atoms with van der Waals surface area (Å²) in [6.45, 7) is 1.67. The van der Waals surface area contributed by atoms with Gasteiger partial charge in [-0.15, -0.1) is 0 Å². The molecule has 1 aliphatic rings. The van der Waals surface area contributed by atoms with Gasteiger partial charge in [0.05, 0.1) is 0 Å². The van der Waals surface area contributed by atoms with Crippen LogP contribution in [0.4, 0.5) is 0 Å². The van der Waals surface area contributed by atoms with E-state index in [4.69, 9.17) is 0 Å². The topological polar surface area (TPSA) is 60.8 Å². The van der Waals surface area contributed by atoms with Gasteiger partial charge in [0, 0.05) is 25.4 Å². The molecule has 1 fully saturated rings. The first-order valence-electron chi connectivity index (χ1n) is 9.49. The SMILES string of the molecule is O=C(C[C@H](c1ccc(O)cc1)c1cccc(O)c1)N1CCCCCCC1. The van der Waals surface area contributed by atoms with Gasteiger partial charge in [-0.05, 0) is 48.2 Å². The highest BCUT2D eigenvalue weighted by molar-refractivity contribution is 5.78. The standard InChI is InChI=1S/C22H27NO3/c24-19-11-9-17(10-12-19)21(18-7-6-8-20(25)15-18)16-22(26)23-13-4-2-1-3-5-14-23/h6-12,15,21,24-25H,1-5,13-14,16H2/t21-/m1/s1. The average Bonchev–Trinajstić information content (AvgIpc) is 2.60. The molecule has 3 rings (SSSR count). The number of phenols is 2. The highest BCUT2D eigenvalue weighted by Crippen LogP contribution is 2.31.